The molecule has 5 heteroatoms. The molecule has 1 aromatic heterocycles. The van der Waals surface area contributed by atoms with E-state index in [0.717, 1.165) is 28.9 Å². The van der Waals surface area contributed by atoms with Crippen molar-refractivity contribution in [2.45, 2.75) is 27.2 Å². The van der Waals surface area contributed by atoms with Gasteiger partial charge in [0, 0.05) is 24.0 Å². The number of hydrogen-bond acceptors (Lipinski definition) is 4. The maximum atomic E-state index is 13.1. The van der Waals surface area contributed by atoms with Gasteiger partial charge in [-0.25, -0.2) is 9.97 Å². The molecule has 0 saturated heterocycles. The number of nitrogens with zero attached hydrogens (tertiary/aromatic N) is 3. The van der Waals surface area contributed by atoms with Crippen molar-refractivity contribution >= 4 is 23.1 Å². The zero-order valence-electron chi connectivity index (χ0n) is 15.8. The predicted octanol–water partition coefficient (Wildman–Crippen LogP) is 4.35. The van der Waals surface area contributed by atoms with E-state index in [9.17, 15) is 4.79 Å². The van der Waals surface area contributed by atoms with Gasteiger partial charge in [-0.05, 0) is 49.9 Å². The van der Waals surface area contributed by atoms with Gasteiger partial charge < -0.3 is 10.2 Å². The Morgan fingerprint density at radius 1 is 1.00 bits per heavy atom. The van der Waals surface area contributed by atoms with Gasteiger partial charge in [-0.2, -0.15) is 0 Å². The van der Waals surface area contributed by atoms with Crippen LogP contribution < -0.4 is 10.2 Å². The van der Waals surface area contributed by atoms with Crippen LogP contribution in [0.2, 0.25) is 0 Å². The van der Waals surface area contributed by atoms with Crippen LogP contribution in [0.15, 0.2) is 48.5 Å². The van der Waals surface area contributed by atoms with E-state index in [1.165, 1.54) is 5.56 Å². The van der Waals surface area contributed by atoms with Gasteiger partial charge in [0.2, 0.25) is 0 Å². The third-order valence-corrected chi connectivity index (χ3v) is 4.92. The molecule has 0 saturated carbocycles. The topological polar surface area (TPSA) is 58.1 Å². The predicted molar refractivity (Wildman–Crippen MR) is 108 cm³/mol. The molecule has 5 nitrogen and oxygen atoms in total. The Morgan fingerprint density at radius 3 is 2.52 bits per heavy atom. The smallest absolute Gasteiger partial charge is 0.277 e. The first-order chi connectivity index (χ1) is 13.0. The van der Waals surface area contributed by atoms with Crippen LogP contribution in [-0.2, 0) is 6.42 Å². The second-order valence-electron chi connectivity index (χ2n) is 6.91. The van der Waals surface area contributed by atoms with Crippen LogP contribution in [0.4, 0.5) is 17.2 Å². The molecule has 0 spiro atoms. The number of amides is 1. The van der Waals surface area contributed by atoms with Crippen molar-refractivity contribution < 1.29 is 4.79 Å². The number of anilines is 3. The minimum atomic E-state index is -0.0880. The lowest BCUT2D eigenvalue weighted by Crippen LogP contribution is -2.30. The van der Waals surface area contributed by atoms with Gasteiger partial charge >= 0.3 is 0 Å². The van der Waals surface area contributed by atoms with Gasteiger partial charge in [0.1, 0.15) is 17.3 Å². The molecular formula is C22H22N4O. The Morgan fingerprint density at radius 2 is 1.74 bits per heavy atom. The summed E-state index contributed by atoms with van der Waals surface area (Å²) in [5.41, 5.74) is 5.86. The van der Waals surface area contributed by atoms with E-state index < -0.39 is 0 Å². The molecule has 4 rings (SSSR count). The lowest BCUT2D eigenvalue weighted by atomic mass is 10.1. The van der Waals surface area contributed by atoms with E-state index in [1.54, 1.807) is 11.0 Å². The van der Waals surface area contributed by atoms with Crippen molar-refractivity contribution in [1.29, 1.82) is 0 Å². The number of carbonyl (C=O) groups is 1. The quantitative estimate of drug-likeness (QED) is 0.756. The number of fused-ring (bicyclic) bond motifs is 1. The van der Waals surface area contributed by atoms with Crippen LogP contribution in [0.25, 0.3) is 0 Å². The molecule has 0 atom stereocenters. The van der Waals surface area contributed by atoms with Crippen molar-refractivity contribution in [3.63, 3.8) is 0 Å². The number of rotatable bonds is 3. The summed E-state index contributed by atoms with van der Waals surface area (Å²) in [5.74, 6) is 1.12. The van der Waals surface area contributed by atoms with Crippen molar-refractivity contribution in [1.82, 2.24) is 9.97 Å². The average Bonchev–Trinajstić information content (AvgIpc) is 3.08. The summed E-state index contributed by atoms with van der Waals surface area (Å²) >= 11 is 0. The average molecular weight is 358 g/mol. The summed E-state index contributed by atoms with van der Waals surface area (Å²) in [4.78, 5) is 23.8. The molecular weight excluding hydrogens is 336 g/mol. The minimum absolute atomic E-state index is 0.0880. The fraction of sp³-hybridized carbons (Fsp3) is 0.227. The molecule has 1 amide bonds. The summed E-state index contributed by atoms with van der Waals surface area (Å²) in [5, 5.41) is 3.36. The third kappa shape index (κ3) is 3.28. The van der Waals surface area contributed by atoms with E-state index in [1.807, 2.05) is 31.2 Å². The van der Waals surface area contributed by atoms with Crippen molar-refractivity contribution in [2.24, 2.45) is 0 Å². The summed E-state index contributed by atoms with van der Waals surface area (Å²) in [6.07, 6.45) is 0.874. The number of benzene rings is 2. The molecule has 3 aromatic rings. The molecule has 136 valence electrons. The van der Waals surface area contributed by atoms with Gasteiger partial charge in [-0.1, -0.05) is 36.4 Å². The van der Waals surface area contributed by atoms with E-state index in [2.05, 4.69) is 47.3 Å². The van der Waals surface area contributed by atoms with E-state index in [-0.39, 0.29) is 5.91 Å². The highest BCUT2D eigenvalue weighted by Gasteiger charge is 2.26. The fourth-order valence-electron chi connectivity index (χ4n) is 3.57. The molecule has 0 bridgehead atoms. The molecule has 1 aliphatic heterocycles. The second kappa shape index (κ2) is 6.83. The maximum Gasteiger partial charge on any atom is 0.277 e. The van der Waals surface area contributed by atoms with Gasteiger partial charge in [-0.3, -0.25) is 4.79 Å². The number of carbonyl (C=O) groups excluding carboxylic acids is 1. The van der Waals surface area contributed by atoms with Crippen LogP contribution >= 0.6 is 0 Å². The molecule has 0 radical (unpaired) electrons. The van der Waals surface area contributed by atoms with Crippen LogP contribution in [0.3, 0.4) is 0 Å². The zero-order valence-corrected chi connectivity index (χ0v) is 15.8. The Labute approximate surface area is 159 Å². The maximum absolute atomic E-state index is 13.1. The van der Waals surface area contributed by atoms with E-state index in [0.29, 0.717) is 23.9 Å². The fourth-order valence-corrected chi connectivity index (χ4v) is 3.57. The highest BCUT2D eigenvalue weighted by atomic mass is 16.2. The number of aromatic nitrogens is 2. The van der Waals surface area contributed by atoms with E-state index in [4.69, 9.17) is 0 Å². The first-order valence-corrected chi connectivity index (χ1v) is 9.11. The largest absolute Gasteiger partial charge is 0.340 e. The third-order valence-electron chi connectivity index (χ3n) is 4.92. The van der Waals surface area contributed by atoms with Gasteiger partial charge in [0.25, 0.3) is 5.91 Å². The summed E-state index contributed by atoms with van der Waals surface area (Å²) in [7, 11) is 0. The molecule has 2 aromatic carbocycles. The molecule has 0 fully saturated rings. The Hall–Kier alpha value is -3.21. The molecule has 0 aliphatic carbocycles. The lowest BCUT2D eigenvalue weighted by Gasteiger charge is -2.18. The Bertz CT molecular complexity index is 1010. The Balaban J connectivity index is 1.66. The summed E-state index contributed by atoms with van der Waals surface area (Å²) < 4.78 is 0. The number of para-hydroxylation sites is 2. The van der Waals surface area contributed by atoms with Crippen molar-refractivity contribution in [2.75, 3.05) is 16.8 Å². The monoisotopic (exact) mass is 358 g/mol. The minimum Gasteiger partial charge on any atom is -0.340 e. The van der Waals surface area contributed by atoms with Crippen LogP contribution in [0.1, 0.15) is 33.0 Å². The second-order valence-corrected chi connectivity index (χ2v) is 6.91. The summed E-state index contributed by atoms with van der Waals surface area (Å²) in [6, 6.07) is 15.9. The summed E-state index contributed by atoms with van der Waals surface area (Å²) in [6.45, 7) is 6.60. The SMILES string of the molecule is Cc1nc(Nc2c(C)cccc2C)cc(C(=O)N2CCc3ccccc32)n1. The molecule has 2 heterocycles. The zero-order chi connectivity index (χ0) is 19.0. The van der Waals surface area contributed by atoms with Crippen LogP contribution in [0, 0.1) is 20.8 Å². The van der Waals surface area contributed by atoms with Crippen molar-refractivity contribution in [3.8, 4) is 0 Å². The Kier molecular flexibility index (Phi) is 4.36. The molecule has 27 heavy (non-hydrogen) atoms. The standard InChI is InChI=1S/C22H22N4O/c1-14-7-6-8-15(2)21(14)25-20-13-18(23-16(3)24-20)22(27)26-12-11-17-9-4-5-10-19(17)26/h4-10,13H,11-12H2,1-3H3,(H,23,24,25). The van der Waals surface area contributed by atoms with E-state index >= 15 is 0 Å². The van der Waals surface area contributed by atoms with Gasteiger partial charge in [0.05, 0.1) is 0 Å². The first-order valence-electron chi connectivity index (χ1n) is 9.11. The van der Waals surface area contributed by atoms with Gasteiger partial charge in [-0.15, -0.1) is 0 Å². The number of hydrogen-bond donors (Lipinski definition) is 1. The highest BCUT2D eigenvalue weighted by molar-refractivity contribution is 6.06. The molecule has 0 unspecified atom stereocenters. The first kappa shape index (κ1) is 17.2. The molecule has 1 N–H and O–H groups in total. The van der Waals surface area contributed by atoms with Crippen LogP contribution in [-0.4, -0.2) is 22.4 Å². The normalized spacial score (nSPS) is 12.8. The lowest BCUT2D eigenvalue weighted by molar-refractivity contribution is 0.0984. The highest BCUT2D eigenvalue weighted by Crippen LogP contribution is 2.29. The van der Waals surface area contributed by atoms with Gasteiger partial charge in [0.15, 0.2) is 0 Å². The number of nitrogens with one attached hydrogen (secondary N) is 1. The molecule has 1 aliphatic rings. The number of aryl methyl sites for hydroxylation is 3. The van der Waals surface area contributed by atoms with Crippen molar-refractivity contribution in [3.05, 3.63) is 76.7 Å². The van der Waals surface area contributed by atoms with Crippen LogP contribution in [0.5, 0.6) is 0 Å².